The molecule has 0 spiro atoms. The zero-order valence-corrected chi connectivity index (χ0v) is 30.8. The van der Waals surface area contributed by atoms with Gasteiger partial charge in [-0.15, -0.1) is 0 Å². The number of methoxy groups -OCH3 is 4. The van der Waals surface area contributed by atoms with Crippen LogP contribution in [0.5, 0.6) is 23.0 Å². The Hall–Kier alpha value is -3.81. The van der Waals surface area contributed by atoms with Crippen molar-refractivity contribution < 1.29 is 37.3 Å². The number of benzene rings is 4. The minimum Gasteiger partial charge on any atom is -0.493 e. The van der Waals surface area contributed by atoms with Crippen LogP contribution in [-0.4, -0.2) is 71.9 Å². The lowest BCUT2D eigenvalue weighted by Crippen LogP contribution is -2.44. The van der Waals surface area contributed by atoms with Gasteiger partial charge in [0.25, 0.3) is 0 Å². The topological polar surface area (TPSA) is 124 Å². The predicted octanol–water partition coefficient (Wildman–Crippen LogP) is 6.64. The number of halogens is 2. The molecule has 49 heavy (non-hydrogen) atoms. The fraction of sp³-hybridized carbons (Fsp3) is 0.306. The highest BCUT2D eigenvalue weighted by Crippen LogP contribution is 2.31. The second-order valence-electron chi connectivity index (χ2n) is 11.1. The zero-order valence-electron chi connectivity index (χ0n) is 27.7. The summed E-state index contributed by atoms with van der Waals surface area (Å²) in [6.45, 7) is 0.0893. The maximum Gasteiger partial charge on any atom is 0.309 e. The predicted molar refractivity (Wildman–Crippen MR) is 193 cm³/mol. The number of aliphatic carboxylic acids is 1. The maximum absolute atomic E-state index is 14.2. The Morgan fingerprint density at radius 2 is 1.33 bits per heavy atom. The van der Waals surface area contributed by atoms with Crippen molar-refractivity contribution >= 4 is 43.5 Å². The number of hydrogen-bond acceptors (Lipinski definition) is 8. The van der Waals surface area contributed by atoms with E-state index < -0.39 is 28.0 Å². The van der Waals surface area contributed by atoms with Crippen LogP contribution in [0.15, 0.2) is 94.3 Å². The zero-order chi connectivity index (χ0) is 35.6. The fourth-order valence-corrected chi connectivity index (χ4v) is 7.33. The van der Waals surface area contributed by atoms with Crippen molar-refractivity contribution in [2.24, 2.45) is 5.92 Å². The minimum atomic E-state index is -4.13. The van der Waals surface area contributed by atoms with Crippen LogP contribution >= 0.6 is 27.5 Å². The molecule has 0 heterocycles. The molecule has 262 valence electrons. The second kappa shape index (κ2) is 17.7. The molecule has 0 saturated carbocycles. The van der Waals surface area contributed by atoms with Crippen LogP contribution in [0.3, 0.4) is 0 Å². The molecular weight excluding hydrogens is 736 g/mol. The minimum absolute atomic E-state index is 0.0106. The molecule has 0 bridgehead atoms. The highest BCUT2D eigenvalue weighted by atomic mass is 79.9. The quantitative estimate of drug-likeness (QED) is 0.115. The molecule has 4 rings (SSSR count). The molecule has 0 aliphatic carbocycles. The maximum atomic E-state index is 14.2. The molecule has 0 aliphatic rings. The Bertz CT molecular complexity index is 1810. The summed E-state index contributed by atoms with van der Waals surface area (Å²) in [4.78, 5) is 13.1. The number of sulfonamides is 1. The lowest BCUT2D eigenvalue weighted by atomic mass is 9.92. The van der Waals surface area contributed by atoms with Crippen LogP contribution in [0.1, 0.15) is 22.7 Å². The van der Waals surface area contributed by atoms with Gasteiger partial charge in [0.05, 0.1) is 39.3 Å². The summed E-state index contributed by atoms with van der Waals surface area (Å²) < 4.78 is 51.9. The van der Waals surface area contributed by atoms with Crippen LogP contribution in [0.25, 0.3) is 0 Å². The molecule has 2 unspecified atom stereocenters. The van der Waals surface area contributed by atoms with E-state index in [2.05, 4.69) is 21.2 Å². The first-order valence-electron chi connectivity index (χ1n) is 15.4. The molecule has 10 nitrogen and oxygen atoms in total. The Labute approximate surface area is 301 Å². The van der Waals surface area contributed by atoms with E-state index in [1.165, 1.54) is 30.7 Å². The third-order valence-corrected chi connectivity index (χ3v) is 10.8. The summed E-state index contributed by atoms with van der Waals surface area (Å²) in [5.41, 5.74) is 2.40. The number of carboxylic acids is 1. The van der Waals surface area contributed by atoms with Gasteiger partial charge in [-0.3, -0.25) is 4.79 Å². The van der Waals surface area contributed by atoms with Crippen LogP contribution in [0.4, 0.5) is 0 Å². The van der Waals surface area contributed by atoms with Crippen molar-refractivity contribution in [2.45, 2.75) is 23.8 Å². The fourth-order valence-electron chi connectivity index (χ4n) is 5.47. The average Bonchev–Trinajstić information content (AvgIpc) is 3.10. The highest BCUT2D eigenvalue weighted by molar-refractivity contribution is 9.10. The van der Waals surface area contributed by atoms with Crippen LogP contribution in [-0.2, 0) is 27.7 Å². The van der Waals surface area contributed by atoms with E-state index in [0.717, 1.165) is 11.1 Å². The van der Waals surface area contributed by atoms with Crippen LogP contribution in [0, 0.1) is 5.92 Å². The van der Waals surface area contributed by atoms with Crippen molar-refractivity contribution in [3.05, 3.63) is 111 Å². The lowest BCUT2D eigenvalue weighted by molar-refractivity contribution is -0.143. The van der Waals surface area contributed by atoms with E-state index in [0.29, 0.717) is 57.4 Å². The second-order valence-corrected chi connectivity index (χ2v) is 14.4. The number of carbonyl (C=O) groups is 1. The molecule has 0 fully saturated rings. The molecule has 0 radical (unpaired) electrons. The molecule has 2 atom stereocenters. The van der Waals surface area contributed by atoms with Gasteiger partial charge in [-0.05, 0) is 96.7 Å². The number of rotatable bonds is 18. The van der Waals surface area contributed by atoms with E-state index in [-0.39, 0.29) is 18.0 Å². The van der Waals surface area contributed by atoms with Gasteiger partial charge in [0, 0.05) is 28.6 Å². The monoisotopic (exact) mass is 774 g/mol. The molecule has 4 aromatic carbocycles. The molecule has 0 amide bonds. The molecule has 0 aromatic heterocycles. The Morgan fingerprint density at radius 1 is 0.796 bits per heavy atom. The van der Waals surface area contributed by atoms with Gasteiger partial charge in [-0.25, -0.2) is 8.42 Å². The molecule has 0 saturated heterocycles. The molecular formula is C36H40BrClN2O8S. The average molecular weight is 776 g/mol. The smallest absolute Gasteiger partial charge is 0.309 e. The van der Waals surface area contributed by atoms with Crippen molar-refractivity contribution in [3.8, 4) is 23.0 Å². The highest BCUT2D eigenvalue weighted by Gasteiger charge is 2.35. The normalized spacial score (nSPS) is 12.7. The first-order chi connectivity index (χ1) is 23.5. The first-order valence-corrected chi connectivity index (χ1v) is 18.0. The first kappa shape index (κ1) is 38.0. The van der Waals surface area contributed by atoms with E-state index in [1.54, 1.807) is 62.8 Å². The van der Waals surface area contributed by atoms with Gasteiger partial charge in [0.15, 0.2) is 23.0 Å². The number of ether oxygens (including phenoxy) is 4. The summed E-state index contributed by atoms with van der Waals surface area (Å²) in [5, 5.41) is 14.6. The third kappa shape index (κ3) is 9.89. The van der Waals surface area contributed by atoms with Crippen molar-refractivity contribution in [1.29, 1.82) is 0 Å². The van der Waals surface area contributed by atoms with Gasteiger partial charge in [-0.2, -0.15) is 4.31 Å². The Kier molecular flexibility index (Phi) is 13.7. The van der Waals surface area contributed by atoms with Crippen molar-refractivity contribution in [1.82, 2.24) is 9.62 Å². The SMILES string of the molecule is COc1ccc(CCNC(c2ccc(Cl)cc2)C(CN(CCc2ccc(OC)c(OC)c2)S(=O)(=O)c2ccc(Br)cc2)C(=O)O)cc1OC. The molecule has 2 N–H and O–H groups in total. The molecule has 0 aliphatic heterocycles. The standard InChI is InChI=1S/C36H40BrClN2O8S/c1-45-31-15-5-24(21-33(31)47-3)17-19-39-35(26-7-11-28(38)12-8-26)30(36(41)42)23-40(49(43,44)29-13-9-27(37)10-14-29)20-18-25-6-16-32(46-2)34(22-25)48-4/h5-16,21-22,30,35,39H,17-20,23H2,1-4H3,(H,41,42). The number of nitrogens with zero attached hydrogens (tertiary/aromatic N) is 1. The largest absolute Gasteiger partial charge is 0.493 e. The van der Waals surface area contributed by atoms with Crippen molar-refractivity contribution in [2.75, 3.05) is 48.1 Å². The van der Waals surface area contributed by atoms with Crippen LogP contribution in [0.2, 0.25) is 5.02 Å². The summed E-state index contributed by atoms with van der Waals surface area (Å²) >= 11 is 9.55. The van der Waals surface area contributed by atoms with Crippen molar-refractivity contribution in [3.63, 3.8) is 0 Å². The van der Waals surface area contributed by atoms with Crippen LogP contribution < -0.4 is 24.3 Å². The summed E-state index contributed by atoms with van der Waals surface area (Å²) in [6.07, 6.45) is 0.831. The van der Waals surface area contributed by atoms with E-state index in [9.17, 15) is 18.3 Å². The van der Waals surface area contributed by atoms with E-state index >= 15 is 0 Å². The van der Waals surface area contributed by atoms with Gasteiger partial charge in [-0.1, -0.05) is 51.8 Å². The van der Waals surface area contributed by atoms with Gasteiger partial charge in [0.1, 0.15) is 0 Å². The van der Waals surface area contributed by atoms with E-state index in [4.69, 9.17) is 30.5 Å². The van der Waals surface area contributed by atoms with Gasteiger partial charge < -0.3 is 29.4 Å². The summed E-state index contributed by atoms with van der Waals surface area (Å²) in [6, 6.07) is 23.3. The van der Waals surface area contributed by atoms with E-state index in [1.807, 2.05) is 24.3 Å². The number of carboxylic acid groups (broad SMARTS) is 1. The number of hydrogen-bond donors (Lipinski definition) is 2. The lowest BCUT2D eigenvalue weighted by Gasteiger charge is -2.31. The number of nitrogens with one attached hydrogen (secondary N) is 1. The molecule has 13 heteroatoms. The van der Waals surface area contributed by atoms with Gasteiger partial charge >= 0.3 is 5.97 Å². The Balaban J connectivity index is 1.67. The van der Waals surface area contributed by atoms with Gasteiger partial charge in [0.2, 0.25) is 10.0 Å². The molecule has 4 aromatic rings. The summed E-state index contributed by atoms with van der Waals surface area (Å²) in [5.74, 6) is -0.0955. The summed E-state index contributed by atoms with van der Waals surface area (Å²) in [7, 11) is 2.06. The third-order valence-electron chi connectivity index (χ3n) is 8.12. The Morgan fingerprint density at radius 3 is 1.84 bits per heavy atom.